The van der Waals surface area contributed by atoms with Crippen molar-refractivity contribution in [1.29, 1.82) is 0 Å². The average Bonchev–Trinajstić information content (AvgIpc) is 2.83. The monoisotopic (exact) mass is 217 g/mol. The topological polar surface area (TPSA) is 84.9 Å². The standard InChI is InChI=1S/C9H15NO5/c1-2-3-6-14-7(11)10-9(4-5-9)15-8(12)13/h2-6H2,1H3,(H,10,11)(H,12,13). The molecule has 0 unspecified atom stereocenters. The van der Waals surface area contributed by atoms with Crippen molar-refractivity contribution >= 4 is 12.2 Å². The Labute approximate surface area is 87.5 Å². The van der Waals surface area contributed by atoms with Crippen LogP contribution in [0.1, 0.15) is 32.6 Å². The molecule has 6 nitrogen and oxygen atoms in total. The molecule has 0 aromatic carbocycles. The zero-order valence-electron chi connectivity index (χ0n) is 8.62. The van der Waals surface area contributed by atoms with E-state index in [0.717, 1.165) is 12.8 Å². The summed E-state index contributed by atoms with van der Waals surface area (Å²) in [5.41, 5.74) is -1.03. The van der Waals surface area contributed by atoms with Crippen LogP contribution in [0.4, 0.5) is 9.59 Å². The van der Waals surface area contributed by atoms with E-state index in [4.69, 9.17) is 9.84 Å². The lowest BCUT2D eigenvalue weighted by Gasteiger charge is -2.15. The summed E-state index contributed by atoms with van der Waals surface area (Å²) >= 11 is 0. The quantitative estimate of drug-likeness (QED) is 0.416. The van der Waals surface area contributed by atoms with Crippen molar-refractivity contribution in [3.8, 4) is 0 Å². The van der Waals surface area contributed by atoms with Gasteiger partial charge in [-0.3, -0.25) is 5.32 Å². The fourth-order valence-corrected chi connectivity index (χ4v) is 1.06. The van der Waals surface area contributed by atoms with Gasteiger partial charge in [0.15, 0.2) is 5.72 Å². The van der Waals surface area contributed by atoms with E-state index in [1.807, 2.05) is 6.92 Å². The van der Waals surface area contributed by atoms with Gasteiger partial charge in [0.05, 0.1) is 6.61 Å². The Bertz CT molecular complexity index is 249. The predicted molar refractivity (Wildman–Crippen MR) is 50.5 cm³/mol. The van der Waals surface area contributed by atoms with Gasteiger partial charge in [0, 0.05) is 12.8 Å². The Morgan fingerprint density at radius 2 is 2.13 bits per heavy atom. The number of hydrogen-bond acceptors (Lipinski definition) is 4. The average molecular weight is 217 g/mol. The third-order valence-electron chi connectivity index (χ3n) is 2.05. The molecular formula is C9H15NO5. The van der Waals surface area contributed by atoms with E-state index in [1.54, 1.807) is 0 Å². The van der Waals surface area contributed by atoms with Gasteiger partial charge in [0.1, 0.15) is 0 Å². The molecule has 1 aliphatic rings. The van der Waals surface area contributed by atoms with Crippen LogP contribution in [0.15, 0.2) is 0 Å². The molecule has 0 radical (unpaired) electrons. The summed E-state index contributed by atoms with van der Waals surface area (Å²) in [4.78, 5) is 21.4. The van der Waals surface area contributed by atoms with Crippen LogP contribution in [0.25, 0.3) is 0 Å². The first-order valence-electron chi connectivity index (χ1n) is 4.95. The highest BCUT2D eigenvalue weighted by Crippen LogP contribution is 2.36. The van der Waals surface area contributed by atoms with Gasteiger partial charge in [-0.2, -0.15) is 0 Å². The fourth-order valence-electron chi connectivity index (χ4n) is 1.06. The summed E-state index contributed by atoms with van der Waals surface area (Å²) in [6.45, 7) is 2.32. The number of hydrogen-bond donors (Lipinski definition) is 2. The van der Waals surface area contributed by atoms with Crippen molar-refractivity contribution in [2.45, 2.75) is 38.3 Å². The molecule has 15 heavy (non-hydrogen) atoms. The smallest absolute Gasteiger partial charge is 0.450 e. The van der Waals surface area contributed by atoms with E-state index < -0.39 is 18.0 Å². The SMILES string of the molecule is CCCCOC(=O)NC1(OC(=O)O)CC1. The van der Waals surface area contributed by atoms with Crippen molar-refractivity contribution in [3.63, 3.8) is 0 Å². The van der Waals surface area contributed by atoms with Crippen molar-refractivity contribution in [2.24, 2.45) is 0 Å². The van der Waals surface area contributed by atoms with Gasteiger partial charge in [0.2, 0.25) is 0 Å². The maximum atomic E-state index is 11.1. The zero-order chi connectivity index (χ0) is 11.3. The number of rotatable bonds is 5. The molecule has 1 saturated carbocycles. The third-order valence-corrected chi connectivity index (χ3v) is 2.05. The van der Waals surface area contributed by atoms with Crippen LogP contribution in [-0.4, -0.2) is 29.7 Å². The molecular weight excluding hydrogens is 202 g/mol. The first-order valence-corrected chi connectivity index (χ1v) is 4.95. The van der Waals surface area contributed by atoms with E-state index in [1.165, 1.54) is 0 Å². The molecule has 0 atom stereocenters. The number of nitrogens with one attached hydrogen (secondary N) is 1. The molecule has 0 bridgehead atoms. The normalized spacial score (nSPS) is 16.6. The van der Waals surface area contributed by atoms with Gasteiger partial charge in [-0.05, 0) is 6.42 Å². The number of carbonyl (C=O) groups is 2. The van der Waals surface area contributed by atoms with E-state index >= 15 is 0 Å². The summed E-state index contributed by atoms with van der Waals surface area (Å²) in [5.74, 6) is 0. The van der Waals surface area contributed by atoms with Crippen LogP contribution in [0.3, 0.4) is 0 Å². The summed E-state index contributed by atoms with van der Waals surface area (Å²) < 4.78 is 9.35. The second kappa shape index (κ2) is 4.86. The molecule has 0 aromatic heterocycles. The lowest BCUT2D eigenvalue weighted by atomic mass is 10.4. The number of carboxylic acid groups (broad SMARTS) is 1. The van der Waals surface area contributed by atoms with Gasteiger partial charge in [-0.25, -0.2) is 9.59 Å². The van der Waals surface area contributed by atoms with Crippen LogP contribution in [0.2, 0.25) is 0 Å². The first kappa shape index (κ1) is 11.6. The molecule has 1 fully saturated rings. The summed E-state index contributed by atoms with van der Waals surface area (Å²) in [6, 6.07) is 0. The van der Waals surface area contributed by atoms with Gasteiger partial charge in [-0.1, -0.05) is 13.3 Å². The first-order chi connectivity index (χ1) is 7.08. The number of amides is 1. The minimum Gasteiger partial charge on any atom is -0.450 e. The minimum atomic E-state index is -1.39. The van der Waals surface area contributed by atoms with E-state index in [2.05, 4.69) is 10.1 Å². The fraction of sp³-hybridized carbons (Fsp3) is 0.778. The molecule has 1 amide bonds. The highest BCUT2D eigenvalue weighted by Gasteiger charge is 2.49. The molecule has 0 aromatic rings. The van der Waals surface area contributed by atoms with Crippen molar-refractivity contribution < 1.29 is 24.2 Å². The van der Waals surface area contributed by atoms with E-state index in [9.17, 15) is 9.59 Å². The molecule has 2 N–H and O–H groups in total. The lowest BCUT2D eigenvalue weighted by molar-refractivity contribution is 0.0204. The molecule has 6 heteroatoms. The third kappa shape index (κ3) is 4.05. The largest absolute Gasteiger partial charge is 0.507 e. The van der Waals surface area contributed by atoms with Crippen molar-refractivity contribution in [1.82, 2.24) is 5.32 Å². The Morgan fingerprint density at radius 1 is 1.47 bits per heavy atom. The summed E-state index contributed by atoms with van der Waals surface area (Å²) in [5, 5.41) is 10.8. The maximum Gasteiger partial charge on any atom is 0.507 e. The second-order valence-corrected chi connectivity index (χ2v) is 3.48. The van der Waals surface area contributed by atoms with Crippen molar-refractivity contribution in [2.75, 3.05) is 6.61 Å². The number of carbonyl (C=O) groups excluding carboxylic acids is 1. The highest BCUT2D eigenvalue weighted by atomic mass is 16.7. The van der Waals surface area contributed by atoms with Gasteiger partial charge in [-0.15, -0.1) is 0 Å². The van der Waals surface area contributed by atoms with Crippen LogP contribution >= 0.6 is 0 Å². The zero-order valence-corrected chi connectivity index (χ0v) is 8.62. The molecule has 0 heterocycles. The summed E-state index contributed by atoms with van der Waals surface area (Å²) in [6.07, 6.45) is 0.720. The van der Waals surface area contributed by atoms with Crippen LogP contribution < -0.4 is 5.32 Å². The predicted octanol–water partition coefficient (Wildman–Crippen LogP) is 1.70. The Hall–Kier alpha value is -1.46. The van der Waals surface area contributed by atoms with Gasteiger partial charge >= 0.3 is 12.2 Å². The Morgan fingerprint density at radius 3 is 2.60 bits per heavy atom. The molecule has 86 valence electrons. The number of alkyl carbamates (subject to hydrolysis) is 1. The van der Waals surface area contributed by atoms with Crippen LogP contribution in [0.5, 0.6) is 0 Å². The number of unbranched alkanes of at least 4 members (excludes halogenated alkanes) is 1. The van der Waals surface area contributed by atoms with E-state index in [-0.39, 0.29) is 0 Å². The Balaban J connectivity index is 2.22. The lowest BCUT2D eigenvalue weighted by Crippen LogP contribution is -2.40. The summed E-state index contributed by atoms with van der Waals surface area (Å²) in [7, 11) is 0. The molecule has 1 aliphatic carbocycles. The van der Waals surface area contributed by atoms with Gasteiger partial charge in [0.25, 0.3) is 0 Å². The second-order valence-electron chi connectivity index (χ2n) is 3.48. The Kier molecular flexibility index (Phi) is 3.76. The molecule has 0 saturated heterocycles. The maximum absolute atomic E-state index is 11.1. The molecule has 0 spiro atoms. The molecule has 1 rings (SSSR count). The highest BCUT2D eigenvalue weighted by molar-refractivity contribution is 5.69. The van der Waals surface area contributed by atoms with Crippen LogP contribution in [0, 0.1) is 0 Å². The van der Waals surface area contributed by atoms with Crippen molar-refractivity contribution in [3.05, 3.63) is 0 Å². The van der Waals surface area contributed by atoms with Gasteiger partial charge < -0.3 is 14.6 Å². The van der Waals surface area contributed by atoms with Crippen LogP contribution in [-0.2, 0) is 9.47 Å². The number of ether oxygens (including phenoxy) is 2. The molecule has 0 aliphatic heterocycles. The minimum absolute atomic E-state index is 0.339. The van der Waals surface area contributed by atoms with E-state index in [0.29, 0.717) is 19.4 Å².